The van der Waals surface area contributed by atoms with Crippen molar-refractivity contribution >= 4 is 17.6 Å². The molecule has 3 rings (SSSR count). The van der Waals surface area contributed by atoms with Crippen molar-refractivity contribution in [1.29, 1.82) is 0 Å². The third-order valence-corrected chi connectivity index (χ3v) is 4.09. The molecule has 1 aliphatic rings. The Morgan fingerprint density at radius 2 is 1.88 bits per heavy atom. The standard InChI is InChI=1S/C19H19NO5/c1-12-18(21)20(11-13-4-7-15(23-2)8-5-13)16-10-14(19(22)24-3)6-9-17(16)25-12/h4-10,12H,11H2,1-3H3/t12-/m0/s1. The van der Waals surface area contributed by atoms with Gasteiger partial charge < -0.3 is 19.1 Å². The Morgan fingerprint density at radius 1 is 1.16 bits per heavy atom. The molecule has 1 amide bonds. The number of anilines is 1. The molecule has 0 saturated heterocycles. The molecule has 0 bridgehead atoms. The van der Waals surface area contributed by atoms with Crippen LogP contribution in [0.15, 0.2) is 42.5 Å². The number of benzene rings is 2. The average molecular weight is 341 g/mol. The summed E-state index contributed by atoms with van der Waals surface area (Å²) in [5, 5.41) is 0. The molecule has 2 aromatic rings. The van der Waals surface area contributed by atoms with Gasteiger partial charge in [0.25, 0.3) is 5.91 Å². The van der Waals surface area contributed by atoms with E-state index in [2.05, 4.69) is 0 Å². The van der Waals surface area contributed by atoms with E-state index in [1.54, 1.807) is 37.1 Å². The van der Waals surface area contributed by atoms with E-state index < -0.39 is 12.1 Å². The number of hydrogen-bond acceptors (Lipinski definition) is 5. The molecule has 0 spiro atoms. The second kappa shape index (κ2) is 6.84. The van der Waals surface area contributed by atoms with E-state index in [-0.39, 0.29) is 5.91 Å². The lowest BCUT2D eigenvalue weighted by molar-refractivity contribution is -0.125. The first-order valence-electron chi connectivity index (χ1n) is 7.87. The number of amides is 1. The highest BCUT2D eigenvalue weighted by molar-refractivity contribution is 6.01. The number of fused-ring (bicyclic) bond motifs is 1. The van der Waals surface area contributed by atoms with E-state index in [1.807, 2.05) is 24.3 Å². The number of ether oxygens (including phenoxy) is 3. The normalized spacial score (nSPS) is 16.0. The Kier molecular flexibility index (Phi) is 4.61. The zero-order valence-corrected chi connectivity index (χ0v) is 14.3. The molecule has 6 nitrogen and oxygen atoms in total. The van der Waals surface area contributed by atoms with Gasteiger partial charge in [-0.15, -0.1) is 0 Å². The molecule has 25 heavy (non-hydrogen) atoms. The molecule has 130 valence electrons. The predicted molar refractivity (Wildman–Crippen MR) is 92.1 cm³/mol. The van der Waals surface area contributed by atoms with Crippen molar-refractivity contribution in [2.75, 3.05) is 19.1 Å². The molecule has 0 aliphatic carbocycles. The Morgan fingerprint density at radius 3 is 2.52 bits per heavy atom. The van der Waals surface area contributed by atoms with Crippen LogP contribution >= 0.6 is 0 Å². The van der Waals surface area contributed by atoms with E-state index in [9.17, 15) is 9.59 Å². The van der Waals surface area contributed by atoms with Crippen LogP contribution < -0.4 is 14.4 Å². The summed E-state index contributed by atoms with van der Waals surface area (Å²) in [6.07, 6.45) is -0.588. The van der Waals surface area contributed by atoms with Crippen molar-refractivity contribution < 1.29 is 23.8 Å². The van der Waals surface area contributed by atoms with Gasteiger partial charge in [-0.05, 0) is 42.8 Å². The minimum Gasteiger partial charge on any atom is -0.497 e. The molecule has 0 aromatic heterocycles. The van der Waals surface area contributed by atoms with Crippen LogP contribution in [0.25, 0.3) is 0 Å². The highest BCUT2D eigenvalue weighted by atomic mass is 16.5. The molecular formula is C19H19NO5. The first kappa shape index (κ1) is 16.8. The van der Waals surface area contributed by atoms with Crippen LogP contribution in [0.2, 0.25) is 0 Å². The quantitative estimate of drug-likeness (QED) is 0.800. The van der Waals surface area contributed by atoms with Crippen molar-refractivity contribution in [1.82, 2.24) is 0 Å². The van der Waals surface area contributed by atoms with Gasteiger partial charge in [0.1, 0.15) is 11.5 Å². The van der Waals surface area contributed by atoms with Crippen LogP contribution in [-0.2, 0) is 16.1 Å². The van der Waals surface area contributed by atoms with Gasteiger partial charge in [0.15, 0.2) is 6.10 Å². The van der Waals surface area contributed by atoms with Crippen molar-refractivity contribution in [3.63, 3.8) is 0 Å². The van der Waals surface area contributed by atoms with E-state index in [0.29, 0.717) is 23.5 Å². The lowest BCUT2D eigenvalue weighted by Gasteiger charge is -2.33. The van der Waals surface area contributed by atoms with Gasteiger partial charge in [-0.1, -0.05) is 12.1 Å². The Balaban J connectivity index is 1.97. The third kappa shape index (κ3) is 3.28. The largest absolute Gasteiger partial charge is 0.497 e. The number of methoxy groups -OCH3 is 2. The summed E-state index contributed by atoms with van der Waals surface area (Å²) < 4.78 is 15.6. The fraction of sp³-hybridized carbons (Fsp3) is 0.263. The minimum absolute atomic E-state index is 0.162. The highest BCUT2D eigenvalue weighted by Gasteiger charge is 2.32. The number of rotatable bonds is 4. The van der Waals surface area contributed by atoms with Crippen molar-refractivity contribution in [3.05, 3.63) is 53.6 Å². The summed E-state index contributed by atoms with van der Waals surface area (Å²) >= 11 is 0. The maximum absolute atomic E-state index is 12.6. The number of hydrogen-bond donors (Lipinski definition) is 0. The summed E-state index contributed by atoms with van der Waals surface area (Å²) in [6, 6.07) is 12.4. The smallest absolute Gasteiger partial charge is 0.337 e. The topological polar surface area (TPSA) is 65.1 Å². The number of nitrogens with zero attached hydrogens (tertiary/aromatic N) is 1. The van der Waals surface area contributed by atoms with Gasteiger partial charge in [-0.3, -0.25) is 4.79 Å². The van der Waals surface area contributed by atoms with Crippen LogP contribution in [0, 0.1) is 0 Å². The first-order chi connectivity index (χ1) is 12.0. The van der Waals surface area contributed by atoms with Gasteiger partial charge >= 0.3 is 5.97 Å². The van der Waals surface area contributed by atoms with Gasteiger partial charge in [0.2, 0.25) is 0 Å². The second-order valence-electron chi connectivity index (χ2n) is 5.71. The van der Waals surface area contributed by atoms with Crippen molar-refractivity contribution in [2.24, 2.45) is 0 Å². The zero-order valence-electron chi connectivity index (χ0n) is 14.3. The molecule has 0 unspecified atom stereocenters. The van der Waals surface area contributed by atoms with Crippen LogP contribution in [0.5, 0.6) is 11.5 Å². The number of carbonyl (C=O) groups is 2. The van der Waals surface area contributed by atoms with E-state index in [4.69, 9.17) is 14.2 Å². The molecule has 1 heterocycles. The lowest BCUT2D eigenvalue weighted by Crippen LogP contribution is -2.44. The Hall–Kier alpha value is -3.02. The van der Waals surface area contributed by atoms with Crippen LogP contribution in [0.3, 0.4) is 0 Å². The highest BCUT2D eigenvalue weighted by Crippen LogP contribution is 2.36. The van der Waals surface area contributed by atoms with Crippen LogP contribution in [0.4, 0.5) is 5.69 Å². The van der Waals surface area contributed by atoms with E-state index in [0.717, 1.165) is 11.3 Å². The Bertz CT molecular complexity index is 800. The number of carbonyl (C=O) groups excluding carboxylic acids is 2. The SMILES string of the molecule is COC(=O)c1ccc2c(c1)N(Cc1ccc(OC)cc1)C(=O)[C@H](C)O2. The molecule has 2 aromatic carbocycles. The molecule has 0 N–H and O–H groups in total. The molecule has 0 radical (unpaired) electrons. The van der Waals surface area contributed by atoms with Crippen molar-refractivity contribution in [2.45, 2.75) is 19.6 Å². The minimum atomic E-state index is -0.588. The summed E-state index contributed by atoms with van der Waals surface area (Å²) in [4.78, 5) is 26.0. The lowest BCUT2D eigenvalue weighted by atomic mass is 10.1. The molecule has 1 atom stereocenters. The fourth-order valence-electron chi connectivity index (χ4n) is 2.73. The van der Waals surface area contributed by atoms with Crippen LogP contribution in [-0.4, -0.2) is 32.2 Å². The molecular weight excluding hydrogens is 322 g/mol. The maximum Gasteiger partial charge on any atom is 0.337 e. The molecule has 1 aliphatic heterocycles. The third-order valence-electron chi connectivity index (χ3n) is 4.09. The fourth-order valence-corrected chi connectivity index (χ4v) is 2.73. The molecule has 6 heteroatoms. The van der Waals surface area contributed by atoms with Crippen LogP contribution in [0.1, 0.15) is 22.8 Å². The monoisotopic (exact) mass is 341 g/mol. The predicted octanol–water partition coefficient (Wildman–Crippen LogP) is 2.80. The summed E-state index contributed by atoms with van der Waals surface area (Å²) in [5.41, 5.74) is 1.87. The van der Waals surface area contributed by atoms with Crippen molar-refractivity contribution in [3.8, 4) is 11.5 Å². The zero-order chi connectivity index (χ0) is 18.0. The van der Waals surface area contributed by atoms with E-state index in [1.165, 1.54) is 7.11 Å². The summed E-state index contributed by atoms with van der Waals surface area (Å²) in [5.74, 6) is 0.690. The molecule has 0 fully saturated rings. The Labute approximate surface area is 145 Å². The molecule has 0 saturated carbocycles. The second-order valence-corrected chi connectivity index (χ2v) is 5.71. The average Bonchev–Trinajstić information content (AvgIpc) is 2.65. The van der Waals surface area contributed by atoms with Gasteiger partial charge in [0, 0.05) is 0 Å². The van der Waals surface area contributed by atoms with E-state index >= 15 is 0 Å². The van der Waals surface area contributed by atoms with Gasteiger partial charge in [0.05, 0.1) is 32.0 Å². The van der Waals surface area contributed by atoms with Gasteiger partial charge in [-0.25, -0.2) is 4.79 Å². The first-order valence-corrected chi connectivity index (χ1v) is 7.87. The number of esters is 1. The maximum atomic E-state index is 12.6. The van der Waals surface area contributed by atoms with Gasteiger partial charge in [-0.2, -0.15) is 0 Å². The summed E-state index contributed by atoms with van der Waals surface area (Å²) in [6.45, 7) is 2.08. The summed E-state index contributed by atoms with van der Waals surface area (Å²) in [7, 11) is 2.92.